The number of ketones is 2. The summed E-state index contributed by atoms with van der Waals surface area (Å²) in [5.41, 5.74) is 0. The Morgan fingerprint density at radius 3 is 1.00 bits per heavy atom. The van der Waals surface area contributed by atoms with Gasteiger partial charge < -0.3 is 15.7 Å². The Labute approximate surface area is 108 Å². The van der Waals surface area contributed by atoms with Crippen molar-refractivity contribution in [2.24, 2.45) is 0 Å². The van der Waals surface area contributed by atoms with Crippen LogP contribution < -0.4 is 0 Å². The zero-order valence-electron chi connectivity index (χ0n) is 10.1. The molecule has 0 saturated heterocycles. The molecule has 90 valence electrons. The third-order valence-electron chi connectivity index (χ3n) is 0.824. The van der Waals surface area contributed by atoms with Crippen LogP contribution in [-0.2, 0) is 29.1 Å². The molecule has 0 bridgehead atoms. The molecular weight excluding hydrogens is 265 g/mol. The average Bonchev–Trinajstić information content (AvgIpc) is 1.79. The summed E-state index contributed by atoms with van der Waals surface area (Å²) >= 11 is 0. The Morgan fingerprint density at radius 1 is 0.812 bits per heavy atom. The Hall–Kier alpha value is -0.997. The van der Waals surface area contributed by atoms with Crippen LogP contribution in [0.4, 0.5) is 0 Å². The second kappa shape index (κ2) is 14.0. The molecule has 0 rings (SSSR count). The molecule has 4 N–H and O–H groups in total. The standard InChI is InChI=1S/2C5H8O2.H2O.Zn/c2*1-4(6)3-5(2)7;;/h2*3,6H,1-2H3;1H2;/b2*4-3-;;. The van der Waals surface area contributed by atoms with Crippen molar-refractivity contribution in [1.29, 1.82) is 0 Å². The molecule has 16 heavy (non-hydrogen) atoms. The fraction of sp³-hybridized carbons (Fsp3) is 0.400. The van der Waals surface area contributed by atoms with Crippen LogP contribution in [0.5, 0.6) is 0 Å². The summed E-state index contributed by atoms with van der Waals surface area (Å²) < 4.78 is 0. The van der Waals surface area contributed by atoms with Crippen molar-refractivity contribution in [1.82, 2.24) is 0 Å². The number of carbonyl (C=O) groups excluding carboxylic acids is 2. The Balaban J connectivity index is -0.0000000800. The van der Waals surface area contributed by atoms with E-state index in [9.17, 15) is 9.59 Å². The van der Waals surface area contributed by atoms with E-state index in [1.54, 1.807) is 0 Å². The second-order valence-electron chi connectivity index (χ2n) is 2.79. The minimum atomic E-state index is -0.125. The Bertz CT molecular complexity index is 232. The van der Waals surface area contributed by atoms with Crippen LogP contribution in [0, 0.1) is 0 Å². The Kier molecular flexibility index (Phi) is 21.3. The smallest absolute Gasteiger partial charge is 0.155 e. The van der Waals surface area contributed by atoms with E-state index in [0.717, 1.165) is 0 Å². The first-order valence-corrected chi connectivity index (χ1v) is 4.01. The molecule has 0 radical (unpaired) electrons. The molecule has 5 nitrogen and oxygen atoms in total. The summed E-state index contributed by atoms with van der Waals surface area (Å²) in [7, 11) is 0. The van der Waals surface area contributed by atoms with E-state index in [1.807, 2.05) is 0 Å². The van der Waals surface area contributed by atoms with Crippen molar-refractivity contribution in [3.8, 4) is 0 Å². The van der Waals surface area contributed by atoms with Gasteiger partial charge in [0.05, 0.1) is 11.5 Å². The van der Waals surface area contributed by atoms with Gasteiger partial charge in [-0.3, -0.25) is 9.59 Å². The number of carbonyl (C=O) groups is 2. The third kappa shape index (κ3) is 38.2. The van der Waals surface area contributed by atoms with Crippen LogP contribution >= 0.6 is 0 Å². The summed E-state index contributed by atoms with van der Waals surface area (Å²) in [6.45, 7) is 5.70. The molecule has 0 atom stereocenters. The quantitative estimate of drug-likeness (QED) is 0.452. The van der Waals surface area contributed by atoms with Crippen molar-refractivity contribution in [2.75, 3.05) is 0 Å². The third-order valence-corrected chi connectivity index (χ3v) is 0.824. The number of rotatable bonds is 2. The number of hydrogen-bond donors (Lipinski definition) is 2. The van der Waals surface area contributed by atoms with Gasteiger partial charge in [0.2, 0.25) is 0 Å². The zero-order valence-corrected chi connectivity index (χ0v) is 13.0. The number of aliphatic hydroxyl groups excluding tert-OH is 2. The predicted molar refractivity (Wildman–Crippen MR) is 57.7 cm³/mol. The molecule has 6 heteroatoms. The predicted octanol–water partition coefficient (Wildman–Crippen LogP) is 1.25. The van der Waals surface area contributed by atoms with Gasteiger partial charge >= 0.3 is 0 Å². The van der Waals surface area contributed by atoms with Crippen molar-refractivity contribution < 1.29 is 44.8 Å². The molecule has 0 fully saturated rings. The SMILES string of the molecule is CC(=O)/C=C(/C)O.CC(=O)/C=C(/C)O.O.[Zn]. The molecule has 0 aliphatic heterocycles. The van der Waals surface area contributed by atoms with E-state index in [1.165, 1.54) is 39.8 Å². The van der Waals surface area contributed by atoms with E-state index < -0.39 is 0 Å². The van der Waals surface area contributed by atoms with Gasteiger partial charge in [-0.05, 0) is 27.7 Å². The van der Waals surface area contributed by atoms with Crippen LogP contribution in [0.1, 0.15) is 27.7 Å². The van der Waals surface area contributed by atoms with Crippen LogP contribution in [0.15, 0.2) is 23.7 Å². The van der Waals surface area contributed by atoms with Gasteiger partial charge in [0.15, 0.2) is 11.6 Å². The summed E-state index contributed by atoms with van der Waals surface area (Å²) in [5.74, 6) is -0.125. The van der Waals surface area contributed by atoms with Gasteiger partial charge in [0, 0.05) is 31.6 Å². The van der Waals surface area contributed by atoms with Crippen LogP contribution in [0.2, 0.25) is 0 Å². The van der Waals surface area contributed by atoms with E-state index in [2.05, 4.69) is 0 Å². The van der Waals surface area contributed by atoms with Crippen molar-refractivity contribution in [3.05, 3.63) is 23.7 Å². The van der Waals surface area contributed by atoms with Gasteiger partial charge in [-0.2, -0.15) is 0 Å². The summed E-state index contributed by atoms with van der Waals surface area (Å²) in [5, 5.41) is 16.7. The maximum atomic E-state index is 10.0. The molecule has 0 amide bonds. The van der Waals surface area contributed by atoms with E-state index in [4.69, 9.17) is 10.2 Å². The van der Waals surface area contributed by atoms with Crippen molar-refractivity contribution in [2.45, 2.75) is 27.7 Å². The maximum absolute atomic E-state index is 10.0. The van der Waals surface area contributed by atoms with Gasteiger partial charge in [-0.15, -0.1) is 0 Å². The Morgan fingerprint density at radius 2 is 1.00 bits per heavy atom. The molecule has 0 aromatic rings. The average molecular weight is 284 g/mol. The number of aliphatic hydroxyl groups is 2. The first kappa shape index (κ1) is 24.3. The molecule has 0 aromatic heterocycles. The minimum absolute atomic E-state index is 0. The van der Waals surface area contributed by atoms with Crippen LogP contribution in [0.3, 0.4) is 0 Å². The normalized spacial score (nSPS) is 10.0. The van der Waals surface area contributed by atoms with Gasteiger partial charge in [0.1, 0.15) is 0 Å². The fourth-order valence-electron chi connectivity index (χ4n) is 0.588. The first-order valence-electron chi connectivity index (χ1n) is 4.01. The fourth-order valence-corrected chi connectivity index (χ4v) is 0.588. The topological polar surface area (TPSA) is 106 Å². The minimum Gasteiger partial charge on any atom is -0.512 e. The molecule has 0 aliphatic carbocycles. The largest absolute Gasteiger partial charge is 0.512 e. The zero-order chi connectivity index (χ0) is 11.7. The van der Waals surface area contributed by atoms with Gasteiger partial charge in [-0.1, -0.05) is 0 Å². The van der Waals surface area contributed by atoms with Crippen LogP contribution in [0.25, 0.3) is 0 Å². The molecule has 0 heterocycles. The summed E-state index contributed by atoms with van der Waals surface area (Å²) in [6, 6.07) is 0. The maximum Gasteiger partial charge on any atom is 0.155 e. The molecule has 0 aromatic carbocycles. The first-order chi connectivity index (χ1) is 6.25. The molecule has 0 spiro atoms. The van der Waals surface area contributed by atoms with Crippen LogP contribution in [-0.4, -0.2) is 27.3 Å². The van der Waals surface area contributed by atoms with E-state index in [0.29, 0.717) is 0 Å². The molecule has 0 saturated carbocycles. The number of allylic oxidation sites excluding steroid dienone is 4. The summed E-state index contributed by atoms with van der Waals surface area (Å²) in [6.07, 6.45) is 2.33. The van der Waals surface area contributed by atoms with E-state index >= 15 is 0 Å². The molecular formula is C10H18O5Zn. The van der Waals surface area contributed by atoms with Gasteiger partial charge in [0.25, 0.3) is 0 Å². The number of hydrogen-bond acceptors (Lipinski definition) is 4. The second-order valence-corrected chi connectivity index (χ2v) is 2.79. The van der Waals surface area contributed by atoms with Gasteiger partial charge in [-0.25, -0.2) is 0 Å². The van der Waals surface area contributed by atoms with E-state index in [-0.39, 0.29) is 48.0 Å². The molecule has 0 unspecified atom stereocenters. The van der Waals surface area contributed by atoms with Crippen molar-refractivity contribution in [3.63, 3.8) is 0 Å². The summed E-state index contributed by atoms with van der Waals surface area (Å²) in [4.78, 5) is 20.0. The monoisotopic (exact) mass is 282 g/mol. The van der Waals surface area contributed by atoms with Crippen molar-refractivity contribution >= 4 is 11.6 Å². The molecule has 0 aliphatic rings.